The molecule has 0 spiro atoms. The van der Waals surface area contributed by atoms with Crippen molar-refractivity contribution in [3.05, 3.63) is 81.4 Å². The highest BCUT2D eigenvalue weighted by Crippen LogP contribution is 2.45. The molecule has 6 atom stereocenters. The van der Waals surface area contributed by atoms with Crippen LogP contribution in [0.25, 0.3) is 16.8 Å². The van der Waals surface area contributed by atoms with Gasteiger partial charge in [0.1, 0.15) is 53.8 Å². The summed E-state index contributed by atoms with van der Waals surface area (Å²) in [6.45, 7) is 1.14. The lowest BCUT2D eigenvalue weighted by Gasteiger charge is -2.41. The molecule has 4 aromatic rings. The molecule has 0 amide bonds. The molecule has 0 aliphatic carbocycles. The number of rotatable bonds is 4. The first-order chi connectivity index (χ1) is 20.3. The molecule has 2 fully saturated rings. The normalized spacial score (nSPS) is 25.7. The molecule has 6 rings (SSSR count). The number of ether oxygens (including phenoxy) is 2. The number of benzene rings is 2. The Balaban J connectivity index is 1.45. The van der Waals surface area contributed by atoms with E-state index in [9.17, 15) is 36.6 Å². The summed E-state index contributed by atoms with van der Waals surface area (Å²) in [5, 5.41) is 29.6. The third-order valence-electron chi connectivity index (χ3n) is 7.25. The molecule has 2 aromatic carbocycles. The third kappa shape index (κ3) is 5.07. The molecule has 2 N–H and O–H groups in total. The summed E-state index contributed by atoms with van der Waals surface area (Å²) in [5.41, 5.74) is -2.58. The zero-order chi connectivity index (χ0) is 31.0. The second kappa shape index (κ2) is 10.7. The molecular formula is C26H19Cl2F6N5O4. The number of hydrogen-bond donors (Lipinski definition) is 2. The lowest BCUT2D eigenvalue weighted by molar-refractivity contribution is -0.196. The molecule has 2 aliphatic rings. The molecule has 4 heterocycles. The van der Waals surface area contributed by atoms with Gasteiger partial charge in [-0.2, -0.15) is 23.4 Å². The monoisotopic (exact) mass is 649 g/mol. The second-order valence-corrected chi connectivity index (χ2v) is 10.9. The van der Waals surface area contributed by atoms with Gasteiger partial charge in [0.25, 0.3) is 0 Å². The largest absolute Gasteiger partial charge is 0.421 e. The van der Waals surface area contributed by atoms with Gasteiger partial charge in [-0.3, -0.25) is 4.68 Å². The summed E-state index contributed by atoms with van der Waals surface area (Å²) < 4.78 is 98.8. The highest BCUT2D eigenvalue weighted by Gasteiger charge is 2.55. The predicted octanol–water partition coefficient (Wildman–Crippen LogP) is 4.98. The number of nitrogens with zero attached hydrogens (tertiary/aromatic N) is 5. The third-order valence-corrected chi connectivity index (χ3v) is 7.76. The van der Waals surface area contributed by atoms with Crippen molar-refractivity contribution in [3.8, 4) is 16.8 Å². The Bertz CT molecular complexity index is 1720. The van der Waals surface area contributed by atoms with Gasteiger partial charge in [-0.05, 0) is 31.2 Å². The van der Waals surface area contributed by atoms with Crippen LogP contribution in [-0.4, -0.2) is 65.8 Å². The van der Waals surface area contributed by atoms with Gasteiger partial charge in [-0.15, -0.1) is 0 Å². The minimum absolute atomic E-state index is 0.0529. The van der Waals surface area contributed by atoms with Crippen molar-refractivity contribution in [2.75, 3.05) is 6.61 Å². The van der Waals surface area contributed by atoms with E-state index in [1.54, 1.807) is 0 Å². The van der Waals surface area contributed by atoms with Crippen LogP contribution < -0.4 is 0 Å². The lowest BCUT2D eigenvalue weighted by Crippen LogP contribution is -2.52. The van der Waals surface area contributed by atoms with Gasteiger partial charge >= 0.3 is 6.18 Å². The molecule has 0 bridgehead atoms. The lowest BCUT2D eigenvalue weighted by atomic mass is 9.91. The van der Waals surface area contributed by atoms with Gasteiger partial charge in [-0.1, -0.05) is 23.2 Å². The maximum atomic E-state index is 14.6. The Morgan fingerprint density at radius 3 is 2.51 bits per heavy atom. The summed E-state index contributed by atoms with van der Waals surface area (Å²) in [7, 11) is 0. The van der Waals surface area contributed by atoms with Crippen LogP contribution in [0.4, 0.5) is 26.3 Å². The van der Waals surface area contributed by atoms with E-state index in [2.05, 4.69) is 15.2 Å². The standard InChI is InChI=1S/C26H19Cl2F6N5O4/c1-9-36-25(39(37-9)15-5-11(27)4-14(29)17(15)26(32,33)34)24-21(41)20(23-22(43-24)16(40)8-42-23)38-7-10(6-35-38)12-2-3-13(28)19(31)18(12)30/h2-7,16,20-24,40-41H,8H2,1H3/t16?,20?,21-,22?,23+,24+/m0/s1. The molecule has 2 aromatic heterocycles. The Labute approximate surface area is 248 Å². The Morgan fingerprint density at radius 2 is 1.79 bits per heavy atom. The SMILES string of the molecule is Cc1nc([C@@H]2OC3C(O)CO[C@@H]3C(n3cc(-c4ccc(Cl)c(F)c4F)cn3)[C@@H]2O)n(-c2cc(Cl)cc(F)c2C(F)(F)F)n1. The number of hydrogen-bond acceptors (Lipinski definition) is 7. The maximum absolute atomic E-state index is 14.6. The Hall–Kier alpha value is -3.21. The number of aliphatic hydroxyl groups is 2. The van der Waals surface area contributed by atoms with E-state index in [4.69, 9.17) is 32.7 Å². The highest BCUT2D eigenvalue weighted by molar-refractivity contribution is 6.31. The smallest absolute Gasteiger partial charge is 0.388 e. The number of fused-ring (bicyclic) bond motifs is 1. The van der Waals surface area contributed by atoms with Crippen LogP contribution >= 0.6 is 23.2 Å². The zero-order valence-corrected chi connectivity index (χ0v) is 23.1. The molecule has 9 nitrogen and oxygen atoms in total. The first-order valence-electron chi connectivity index (χ1n) is 12.6. The molecule has 2 aliphatic heterocycles. The van der Waals surface area contributed by atoms with Gasteiger partial charge in [0.2, 0.25) is 0 Å². The van der Waals surface area contributed by atoms with Crippen LogP contribution in [0.2, 0.25) is 10.0 Å². The molecular weight excluding hydrogens is 631 g/mol. The number of alkyl halides is 3. The molecule has 0 saturated carbocycles. The first kappa shape index (κ1) is 29.8. The topological polar surface area (TPSA) is 107 Å². The van der Waals surface area contributed by atoms with Crippen molar-refractivity contribution >= 4 is 23.2 Å². The van der Waals surface area contributed by atoms with E-state index in [0.717, 1.165) is 12.1 Å². The Morgan fingerprint density at radius 1 is 1.05 bits per heavy atom. The van der Waals surface area contributed by atoms with Gasteiger partial charge in [-0.25, -0.2) is 22.8 Å². The zero-order valence-electron chi connectivity index (χ0n) is 21.6. The van der Waals surface area contributed by atoms with Gasteiger partial charge in [0.15, 0.2) is 17.5 Å². The average Bonchev–Trinajstić information content (AvgIpc) is 3.65. The van der Waals surface area contributed by atoms with E-state index in [1.165, 1.54) is 30.1 Å². The quantitative estimate of drug-likeness (QED) is 0.237. The van der Waals surface area contributed by atoms with Crippen LogP contribution in [0.1, 0.15) is 29.4 Å². The summed E-state index contributed by atoms with van der Waals surface area (Å²) >= 11 is 11.6. The summed E-state index contributed by atoms with van der Waals surface area (Å²) in [5.74, 6) is -4.58. The van der Waals surface area contributed by atoms with Crippen molar-refractivity contribution in [1.82, 2.24) is 24.5 Å². The van der Waals surface area contributed by atoms with Crippen molar-refractivity contribution in [3.63, 3.8) is 0 Å². The van der Waals surface area contributed by atoms with E-state index >= 15 is 0 Å². The van der Waals surface area contributed by atoms with Crippen LogP contribution in [0.15, 0.2) is 36.7 Å². The minimum atomic E-state index is -5.17. The summed E-state index contributed by atoms with van der Waals surface area (Å²) in [6.07, 6.45) is -9.33. The van der Waals surface area contributed by atoms with Crippen LogP contribution in [0, 0.1) is 24.4 Å². The molecule has 17 heteroatoms. The number of aryl methyl sites for hydroxylation is 1. The molecule has 2 saturated heterocycles. The number of aliphatic hydroxyl groups excluding tert-OH is 2. The van der Waals surface area contributed by atoms with Gasteiger partial charge < -0.3 is 19.7 Å². The highest BCUT2D eigenvalue weighted by atomic mass is 35.5. The van der Waals surface area contributed by atoms with Crippen molar-refractivity contribution in [1.29, 1.82) is 0 Å². The Kier molecular flexibility index (Phi) is 7.46. The summed E-state index contributed by atoms with van der Waals surface area (Å²) in [6, 6.07) is 2.55. The maximum Gasteiger partial charge on any atom is 0.421 e. The van der Waals surface area contributed by atoms with Gasteiger partial charge in [0.05, 0.1) is 23.5 Å². The second-order valence-electron chi connectivity index (χ2n) is 10.0. The average molecular weight is 650 g/mol. The molecule has 43 heavy (non-hydrogen) atoms. The van der Waals surface area contributed by atoms with Gasteiger partial charge in [0, 0.05) is 22.3 Å². The fraction of sp³-hybridized carbons (Fsp3) is 0.346. The van der Waals surface area contributed by atoms with E-state index in [0.29, 0.717) is 10.7 Å². The van der Waals surface area contributed by atoms with Crippen LogP contribution in [0.5, 0.6) is 0 Å². The predicted molar refractivity (Wildman–Crippen MR) is 137 cm³/mol. The number of halogens is 8. The summed E-state index contributed by atoms with van der Waals surface area (Å²) in [4.78, 5) is 4.17. The molecule has 3 unspecified atom stereocenters. The van der Waals surface area contributed by atoms with Crippen molar-refractivity contribution in [2.45, 2.75) is 49.7 Å². The fourth-order valence-electron chi connectivity index (χ4n) is 5.41. The van der Waals surface area contributed by atoms with Crippen LogP contribution in [-0.2, 0) is 15.7 Å². The fourth-order valence-corrected chi connectivity index (χ4v) is 5.76. The molecule has 0 radical (unpaired) electrons. The van der Waals surface area contributed by atoms with Crippen LogP contribution in [0.3, 0.4) is 0 Å². The van der Waals surface area contributed by atoms with Crippen molar-refractivity contribution < 1.29 is 46.0 Å². The minimum Gasteiger partial charge on any atom is -0.388 e. The van der Waals surface area contributed by atoms with Crippen molar-refractivity contribution in [2.24, 2.45) is 0 Å². The van der Waals surface area contributed by atoms with E-state index in [-0.39, 0.29) is 34.4 Å². The molecule has 228 valence electrons. The van der Waals surface area contributed by atoms with E-state index < -0.39 is 76.5 Å². The number of aromatic nitrogens is 5. The van der Waals surface area contributed by atoms with E-state index in [1.807, 2.05) is 0 Å². The first-order valence-corrected chi connectivity index (χ1v) is 13.3.